The molecule has 0 bridgehead atoms. The Morgan fingerprint density at radius 2 is 1.84 bits per heavy atom. The topological polar surface area (TPSA) is 81.2 Å². The number of benzene rings is 2. The van der Waals surface area contributed by atoms with Crippen LogP contribution in [0, 0.1) is 5.82 Å². The molecule has 0 fully saturated rings. The molecular weight excluding hydrogens is 321 g/mol. The zero-order chi connectivity index (χ0) is 17.8. The number of nitrogens with two attached hydrogens (primary N) is 1. The summed E-state index contributed by atoms with van der Waals surface area (Å²) < 4.78 is 18.4. The molecule has 3 aromatic rings. The van der Waals surface area contributed by atoms with E-state index in [4.69, 9.17) is 10.3 Å². The van der Waals surface area contributed by atoms with E-state index in [9.17, 15) is 9.18 Å². The molecule has 3 N–H and O–H groups in total. The monoisotopic (exact) mass is 337 g/mol. The highest BCUT2D eigenvalue weighted by atomic mass is 19.1. The van der Waals surface area contributed by atoms with E-state index in [2.05, 4.69) is 10.5 Å². The Bertz CT molecular complexity index is 916. The molecule has 0 radical (unpaired) electrons. The van der Waals surface area contributed by atoms with Crippen molar-refractivity contribution < 1.29 is 13.7 Å². The fourth-order valence-corrected chi connectivity index (χ4v) is 2.41. The molecule has 0 aliphatic rings. The van der Waals surface area contributed by atoms with Gasteiger partial charge in [0, 0.05) is 24.4 Å². The predicted molar refractivity (Wildman–Crippen MR) is 93.8 cm³/mol. The molecule has 0 unspecified atom stereocenters. The first-order chi connectivity index (χ1) is 12.1. The second kappa shape index (κ2) is 7.00. The summed E-state index contributed by atoms with van der Waals surface area (Å²) in [5.74, 6) is -0.452. The van der Waals surface area contributed by atoms with Crippen molar-refractivity contribution in [3.05, 3.63) is 77.3 Å². The third kappa shape index (κ3) is 3.42. The number of nitrogens with zero attached hydrogens (tertiary/aromatic N) is 1. The fourth-order valence-electron chi connectivity index (χ4n) is 2.41. The summed E-state index contributed by atoms with van der Waals surface area (Å²) >= 11 is 0. The maximum absolute atomic E-state index is 13.0. The van der Waals surface area contributed by atoms with Gasteiger partial charge in [0.15, 0.2) is 5.76 Å². The van der Waals surface area contributed by atoms with E-state index in [1.807, 2.05) is 30.3 Å². The molecule has 6 heteroatoms. The van der Waals surface area contributed by atoms with Gasteiger partial charge in [-0.2, -0.15) is 0 Å². The van der Waals surface area contributed by atoms with Crippen molar-refractivity contribution in [2.45, 2.75) is 0 Å². The molecule has 0 aliphatic carbocycles. The highest BCUT2D eigenvalue weighted by Crippen LogP contribution is 2.27. The van der Waals surface area contributed by atoms with E-state index in [0.29, 0.717) is 22.5 Å². The Morgan fingerprint density at radius 3 is 2.48 bits per heavy atom. The van der Waals surface area contributed by atoms with Crippen LogP contribution in [-0.4, -0.2) is 18.1 Å². The third-order valence-electron chi connectivity index (χ3n) is 3.68. The summed E-state index contributed by atoms with van der Waals surface area (Å²) in [7, 11) is 1.53. The molecular formula is C19H16FN3O2. The van der Waals surface area contributed by atoms with E-state index in [1.54, 1.807) is 12.1 Å². The van der Waals surface area contributed by atoms with Crippen LogP contribution in [0.25, 0.3) is 23.0 Å². The molecule has 0 saturated heterocycles. The molecule has 0 aliphatic heterocycles. The van der Waals surface area contributed by atoms with Gasteiger partial charge in [-0.05, 0) is 17.7 Å². The maximum atomic E-state index is 13.0. The summed E-state index contributed by atoms with van der Waals surface area (Å²) in [6.07, 6.45) is 1.51. The number of hydrogen-bond donors (Lipinski definition) is 2. The van der Waals surface area contributed by atoms with Crippen LogP contribution in [0.5, 0.6) is 0 Å². The highest BCUT2D eigenvalue weighted by Gasteiger charge is 2.22. The fraction of sp³-hybridized carbons (Fsp3) is 0.0526. The van der Waals surface area contributed by atoms with Crippen molar-refractivity contribution in [1.82, 2.24) is 10.5 Å². The Labute approximate surface area is 143 Å². The minimum Gasteiger partial charge on any atom is -0.398 e. The van der Waals surface area contributed by atoms with Crippen molar-refractivity contribution in [3.8, 4) is 11.3 Å². The SMILES string of the molecule is CNC(=O)c1c(-c2ccccc2)noc1/C=C(\N)c1ccc(F)cc1. The average molecular weight is 337 g/mol. The first-order valence-corrected chi connectivity index (χ1v) is 7.60. The summed E-state index contributed by atoms with van der Waals surface area (Å²) in [4.78, 5) is 12.3. The summed E-state index contributed by atoms with van der Waals surface area (Å²) in [5.41, 5.74) is 8.48. The van der Waals surface area contributed by atoms with E-state index in [1.165, 1.54) is 25.3 Å². The Balaban J connectivity index is 2.07. The predicted octanol–water partition coefficient (Wildman–Crippen LogP) is 3.30. The number of carbonyl (C=O) groups excluding carboxylic acids is 1. The van der Waals surface area contributed by atoms with Gasteiger partial charge in [-0.25, -0.2) is 4.39 Å². The molecule has 126 valence electrons. The van der Waals surface area contributed by atoms with Crippen molar-refractivity contribution in [2.75, 3.05) is 7.05 Å². The molecule has 3 rings (SSSR count). The maximum Gasteiger partial charge on any atom is 0.257 e. The number of halogens is 1. The Hall–Kier alpha value is -3.41. The van der Waals surface area contributed by atoms with Gasteiger partial charge >= 0.3 is 0 Å². The molecule has 0 spiro atoms. The van der Waals surface area contributed by atoms with Gasteiger partial charge < -0.3 is 15.6 Å². The van der Waals surface area contributed by atoms with Crippen LogP contribution >= 0.6 is 0 Å². The second-order valence-corrected chi connectivity index (χ2v) is 5.32. The molecule has 2 aromatic carbocycles. The lowest BCUT2D eigenvalue weighted by atomic mass is 10.0. The number of rotatable bonds is 4. The van der Waals surface area contributed by atoms with Crippen LogP contribution in [0.15, 0.2) is 59.1 Å². The van der Waals surface area contributed by atoms with Crippen LogP contribution in [0.2, 0.25) is 0 Å². The number of nitrogens with one attached hydrogen (secondary N) is 1. The van der Waals surface area contributed by atoms with E-state index in [0.717, 1.165) is 5.56 Å². The molecule has 0 saturated carbocycles. The second-order valence-electron chi connectivity index (χ2n) is 5.32. The smallest absolute Gasteiger partial charge is 0.257 e. The third-order valence-corrected chi connectivity index (χ3v) is 3.68. The van der Waals surface area contributed by atoms with Gasteiger partial charge in [0.05, 0.1) is 0 Å². The van der Waals surface area contributed by atoms with E-state index >= 15 is 0 Å². The number of aromatic nitrogens is 1. The van der Waals surface area contributed by atoms with E-state index in [-0.39, 0.29) is 17.5 Å². The van der Waals surface area contributed by atoms with Gasteiger partial charge in [-0.15, -0.1) is 0 Å². The first kappa shape index (κ1) is 16.4. The largest absolute Gasteiger partial charge is 0.398 e. The van der Waals surface area contributed by atoms with Crippen LogP contribution in [-0.2, 0) is 0 Å². The quantitative estimate of drug-likeness (QED) is 0.765. The number of carbonyl (C=O) groups is 1. The number of hydrogen-bond acceptors (Lipinski definition) is 4. The molecule has 25 heavy (non-hydrogen) atoms. The zero-order valence-electron chi connectivity index (χ0n) is 13.5. The molecule has 0 atom stereocenters. The van der Waals surface area contributed by atoms with Gasteiger partial charge in [0.2, 0.25) is 0 Å². The summed E-state index contributed by atoms with van der Waals surface area (Å²) in [6, 6.07) is 15.0. The zero-order valence-corrected chi connectivity index (χ0v) is 13.5. The minimum absolute atomic E-state index is 0.236. The summed E-state index contributed by atoms with van der Waals surface area (Å²) in [6.45, 7) is 0. The average Bonchev–Trinajstić information content (AvgIpc) is 3.05. The van der Waals surface area contributed by atoms with Crippen molar-refractivity contribution in [1.29, 1.82) is 0 Å². The van der Waals surface area contributed by atoms with Crippen LogP contribution in [0.4, 0.5) is 4.39 Å². The molecule has 1 amide bonds. The van der Waals surface area contributed by atoms with Crippen LogP contribution in [0.3, 0.4) is 0 Å². The van der Waals surface area contributed by atoms with Gasteiger partial charge in [-0.1, -0.05) is 47.6 Å². The van der Waals surface area contributed by atoms with Gasteiger partial charge in [-0.3, -0.25) is 4.79 Å². The lowest BCUT2D eigenvalue weighted by Crippen LogP contribution is -2.19. The van der Waals surface area contributed by atoms with Crippen molar-refractivity contribution in [2.24, 2.45) is 5.73 Å². The minimum atomic E-state index is -0.353. The van der Waals surface area contributed by atoms with Gasteiger partial charge in [0.1, 0.15) is 17.1 Å². The summed E-state index contributed by atoms with van der Waals surface area (Å²) in [5, 5.41) is 6.60. The standard InChI is InChI=1S/C19H16FN3O2/c1-22-19(24)17-16(11-15(21)12-7-9-14(20)10-8-12)25-23-18(17)13-5-3-2-4-6-13/h2-11H,21H2,1H3,(H,22,24)/b15-11-. The van der Waals surface area contributed by atoms with E-state index < -0.39 is 0 Å². The number of amides is 1. The first-order valence-electron chi connectivity index (χ1n) is 7.60. The lowest BCUT2D eigenvalue weighted by Gasteiger charge is -2.03. The molecule has 1 aromatic heterocycles. The Morgan fingerprint density at radius 1 is 1.16 bits per heavy atom. The molecule has 1 heterocycles. The normalized spacial score (nSPS) is 11.4. The van der Waals surface area contributed by atoms with Crippen LogP contribution < -0.4 is 11.1 Å². The Kier molecular flexibility index (Phi) is 4.61. The van der Waals surface area contributed by atoms with Crippen molar-refractivity contribution >= 4 is 17.7 Å². The van der Waals surface area contributed by atoms with Gasteiger partial charge in [0.25, 0.3) is 5.91 Å². The lowest BCUT2D eigenvalue weighted by molar-refractivity contribution is 0.0963. The van der Waals surface area contributed by atoms with Crippen molar-refractivity contribution in [3.63, 3.8) is 0 Å². The van der Waals surface area contributed by atoms with Crippen LogP contribution in [0.1, 0.15) is 21.7 Å². The highest BCUT2D eigenvalue weighted by molar-refractivity contribution is 6.03. The molecule has 5 nitrogen and oxygen atoms in total.